The van der Waals surface area contributed by atoms with Crippen molar-refractivity contribution in [2.75, 3.05) is 6.54 Å². The number of tetrazole rings is 1. The number of aryl methyl sites for hydroxylation is 1. The lowest BCUT2D eigenvalue weighted by Crippen LogP contribution is -2.54. The van der Waals surface area contributed by atoms with E-state index in [2.05, 4.69) is 22.4 Å². The van der Waals surface area contributed by atoms with Crippen molar-refractivity contribution in [3.8, 4) is 0 Å². The Hall–Kier alpha value is -1.50. The summed E-state index contributed by atoms with van der Waals surface area (Å²) in [5.74, 6) is -0.0158. The Balaban J connectivity index is 2.15. The summed E-state index contributed by atoms with van der Waals surface area (Å²) in [5, 5.41) is 21.1. The van der Waals surface area contributed by atoms with Crippen LogP contribution in [0.3, 0.4) is 0 Å². The van der Waals surface area contributed by atoms with Crippen molar-refractivity contribution in [3.63, 3.8) is 0 Å². The van der Waals surface area contributed by atoms with Crippen LogP contribution >= 0.6 is 0 Å². The molecule has 1 N–H and O–H groups in total. The number of rotatable bonds is 5. The number of carbonyl (C=O) groups is 1. The summed E-state index contributed by atoms with van der Waals surface area (Å²) in [6.45, 7) is 5.90. The minimum Gasteiger partial charge on any atom is -0.480 e. The Bertz CT molecular complexity index is 447. The topological polar surface area (TPSA) is 84.1 Å². The highest BCUT2D eigenvalue weighted by molar-refractivity contribution is 5.78. The molecule has 1 aromatic heterocycles. The van der Waals surface area contributed by atoms with E-state index in [4.69, 9.17) is 0 Å². The fourth-order valence-electron chi connectivity index (χ4n) is 2.57. The summed E-state index contributed by atoms with van der Waals surface area (Å²) in [4.78, 5) is 13.5. The van der Waals surface area contributed by atoms with Gasteiger partial charge in [0, 0.05) is 6.54 Å². The van der Waals surface area contributed by atoms with E-state index in [9.17, 15) is 9.90 Å². The maximum Gasteiger partial charge on any atom is 0.323 e. The first-order valence-electron chi connectivity index (χ1n) is 6.81. The molecule has 1 atom stereocenters. The lowest BCUT2D eigenvalue weighted by Gasteiger charge is -2.41. The molecule has 19 heavy (non-hydrogen) atoms. The highest BCUT2D eigenvalue weighted by atomic mass is 16.4. The molecule has 1 aliphatic rings. The van der Waals surface area contributed by atoms with Crippen molar-refractivity contribution in [2.24, 2.45) is 0 Å². The van der Waals surface area contributed by atoms with E-state index in [1.807, 2.05) is 4.90 Å². The third-order valence-corrected chi connectivity index (χ3v) is 3.87. The van der Waals surface area contributed by atoms with Gasteiger partial charge in [-0.1, -0.05) is 6.92 Å². The Morgan fingerprint density at radius 3 is 2.95 bits per heavy atom. The van der Waals surface area contributed by atoms with Gasteiger partial charge in [-0.3, -0.25) is 9.69 Å². The van der Waals surface area contributed by atoms with Gasteiger partial charge in [0.15, 0.2) is 5.82 Å². The van der Waals surface area contributed by atoms with Crippen LogP contribution in [-0.2, 0) is 17.9 Å². The lowest BCUT2D eigenvalue weighted by atomic mass is 9.88. The molecule has 1 unspecified atom stereocenters. The van der Waals surface area contributed by atoms with Gasteiger partial charge in [0.25, 0.3) is 0 Å². The van der Waals surface area contributed by atoms with Crippen LogP contribution in [0.4, 0.5) is 0 Å². The van der Waals surface area contributed by atoms with Crippen LogP contribution in [-0.4, -0.2) is 48.3 Å². The number of hydrogen-bond donors (Lipinski definition) is 1. The van der Waals surface area contributed by atoms with Gasteiger partial charge in [-0.25, -0.2) is 4.68 Å². The number of carboxylic acid groups (broad SMARTS) is 1. The molecule has 1 fully saturated rings. The van der Waals surface area contributed by atoms with Crippen molar-refractivity contribution in [1.82, 2.24) is 25.1 Å². The fraction of sp³-hybridized carbons (Fsp3) is 0.833. The maximum absolute atomic E-state index is 11.5. The quantitative estimate of drug-likeness (QED) is 0.853. The number of nitrogens with zero attached hydrogens (tertiary/aromatic N) is 5. The summed E-state index contributed by atoms with van der Waals surface area (Å²) in [7, 11) is 0. The number of piperidine rings is 1. The average Bonchev–Trinajstić information content (AvgIpc) is 2.80. The summed E-state index contributed by atoms with van der Waals surface area (Å²) in [6, 6.07) is 0. The zero-order valence-electron chi connectivity index (χ0n) is 11.5. The molecule has 0 amide bonds. The van der Waals surface area contributed by atoms with E-state index in [1.54, 1.807) is 11.6 Å². The third kappa shape index (κ3) is 2.75. The Morgan fingerprint density at radius 1 is 1.47 bits per heavy atom. The molecule has 2 rings (SSSR count). The highest BCUT2D eigenvalue weighted by Gasteiger charge is 2.41. The Labute approximate surface area is 112 Å². The van der Waals surface area contributed by atoms with Gasteiger partial charge in [0.2, 0.25) is 0 Å². The van der Waals surface area contributed by atoms with Crippen molar-refractivity contribution in [3.05, 3.63) is 5.82 Å². The zero-order chi connectivity index (χ0) is 13.9. The summed E-state index contributed by atoms with van der Waals surface area (Å²) in [5.41, 5.74) is -0.804. The second-order valence-electron chi connectivity index (χ2n) is 5.28. The van der Waals surface area contributed by atoms with Crippen LogP contribution in [0.5, 0.6) is 0 Å². The van der Waals surface area contributed by atoms with E-state index in [-0.39, 0.29) is 0 Å². The summed E-state index contributed by atoms with van der Waals surface area (Å²) < 4.78 is 1.76. The average molecular weight is 267 g/mol. The monoisotopic (exact) mass is 267 g/mol. The molecule has 0 spiro atoms. The first-order valence-corrected chi connectivity index (χ1v) is 6.81. The van der Waals surface area contributed by atoms with Crippen LogP contribution < -0.4 is 0 Å². The molecule has 0 bridgehead atoms. The van der Waals surface area contributed by atoms with Crippen LogP contribution in [0.25, 0.3) is 0 Å². The van der Waals surface area contributed by atoms with Gasteiger partial charge >= 0.3 is 5.97 Å². The molecule has 106 valence electrons. The highest BCUT2D eigenvalue weighted by Crippen LogP contribution is 2.29. The van der Waals surface area contributed by atoms with E-state index in [0.717, 1.165) is 38.2 Å². The third-order valence-electron chi connectivity index (χ3n) is 3.87. The van der Waals surface area contributed by atoms with Gasteiger partial charge < -0.3 is 5.11 Å². The van der Waals surface area contributed by atoms with E-state index < -0.39 is 11.5 Å². The number of hydrogen-bond acceptors (Lipinski definition) is 5. The smallest absolute Gasteiger partial charge is 0.323 e. The number of aromatic nitrogens is 4. The molecule has 0 aromatic carbocycles. The summed E-state index contributed by atoms with van der Waals surface area (Å²) >= 11 is 0. The lowest BCUT2D eigenvalue weighted by molar-refractivity contribution is -0.153. The van der Waals surface area contributed by atoms with Gasteiger partial charge in [0.1, 0.15) is 5.54 Å². The largest absolute Gasteiger partial charge is 0.480 e. The van der Waals surface area contributed by atoms with Gasteiger partial charge in [-0.15, -0.1) is 5.10 Å². The second kappa shape index (κ2) is 5.64. The van der Waals surface area contributed by atoms with Crippen LogP contribution in [0, 0.1) is 0 Å². The molecule has 0 saturated carbocycles. The van der Waals surface area contributed by atoms with Crippen molar-refractivity contribution >= 4 is 5.97 Å². The number of likely N-dealkylation sites (tertiary alicyclic amines) is 1. The predicted molar refractivity (Wildman–Crippen MR) is 68.4 cm³/mol. The van der Waals surface area contributed by atoms with Crippen LogP contribution in [0.1, 0.15) is 45.4 Å². The molecule has 2 heterocycles. The summed E-state index contributed by atoms with van der Waals surface area (Å²) in [6.07, 6.45) is 3.61. The Kier molecular flexibility index (Phi) is 4.14. The standard InChI is InChI=1S/C12H21N5O2/c1-3-7-17-10(13-14-15-17)9-16-8-5-4-6-12(16,2)11(18)19/h3-9H2,1-2H3,(H,18,19). The molecular weight excluding hydrogens is 246 g/mol. The van der Waals surface area contributed by atoms with Crippen molar-refractivity contribution in [1.29, 1.82) is 0 Å². The molecule has 1 aliphatic heterocycles. The zero-order valence-corrected chi connectivity index (χ0v) is 11.5. The number of carboxylic acids is 1. The first-order chi connectivity index (χ1) is 9.08. The minimum absolute atomic E-state index is 0.496. The SMILES string of the molecule is CCCn1nnnc1CN1CCCCC1(C)C(=O)O. The molecule has 7 heteroatoms. The van der Waals surface area contributed by atoms with Crippen LogP contribution in [0.2, 0.25) is 0 Å². The van der Waals surface area contributed by atoms with Gasteiger partial charge in [-0.2, -0.15) is 0 Å². The minimum atomic E-state index is -0.804. The Morgan fingerprint density at radius 2 is 2.26 bits per heavy atom. The maximum atomic E-state index is 11.5. The molecule has 0 radical (unpaired) electrons. The normalized spacial score (nSPS) is 24.5. The second-order valence-corrected chi connectivity index (χ2v) is 5.28. The molecule has 7 nitrogen and oxygen atoms in total. The van der Waals surface area contributed by atoms with Gasteiger partial charge in [-0.05, 0) is 49.6 Å². The molecule has 0 aliphatic carbocycles. The van der Waals surface area contributed by atoms with E-state index in [0.29, 0.717) is 13.0 Å². The first kappa shape index (κ1) is 13.9. The number of aliphatic carboxylic acids is 1. The fourth-order valence-corrected chi connectivity index (χ4v) is 2.57. The van der Waals surface area contributed by atoms with Gasteiger partial charge in [0.05, 0.1) is 6.54 Å². The van der Waals surface area contributed by atoms with Crippen molar-refractivity contribution in [2.45, 2.75) is 58.2 Å². The van der Waals surface area contributed by atoms with Crippen molar-refractivity contribution < 1.29 is 9.90 Å². The van der Waals surface area contributed by atoms with E-state index >= 15 is 0 Å². The van der Waals surface area contributed by atoms with Crippen LogP contribution in [0.15, 0.2) is 0 Å². The molecule has 1 saturated heterocycles. The predicted octanol–water partition coefficient (Wildman–Crippen LogP) is 0.912. The molecular formula is C12H21N5O2. The van der Waals surface area contributed by atoms with E-state index in [1.165, 1.54) is 0 Å². The molecule has 1 aromatic rings.